The van der Waals surface area contributed by atoms with E-state index >= 15 is 0 Å². The average Bonchev–Trinajstić information content (AvgIpc) is 2.67. The number of ether oxygens (including phenoxy) is 1. The van der Waals surface area contributed by atoms with Crippen LogP contribution in [0.4, 0.5) is 11.4 Å². The van der Waals surface area contributed by atoms with Gasteiger partial charge in [0, 0.05) is 30.4 Å². The van der Waals surface area contributed by atoms with Crippen molar-refractivity contribution in [3.05, 3.63) is 91.8 Å². The first-order chi connectivity index (χ1) is 13.0. The number of halogens is 1. The molecule has 0 aliphatic heterocycles. The van der Waals surface area contributed by atoms with Gasteiger partial charge in [0.1, 0.15) is 18.0 Å². The molecule has 138 valence electrons. The number of pyridine rings is 1. The maximum atomic E-state index is 12.4. The van der Waals surface area contributed by atoms with Crippen LogP contribution in [0.25, 0.3) is 5.69 Å². The Hall–Kier alpha value is -3.32. The molecular formula is C19H16ClN3O4. The Morgan fingerprint density at radius 2 is 1.89 bits per heavy atom. The normalized spacial score (nSPS) is 10.4. The summed E-state index contributed by atoms with van der Waals surface area (Å²) in [5, 5.41) is 14.4. The van der Waals surface area contributed by atoms with Crippen LogP contribution in [0.3, 0.4) is 0 Å². The number of anilines is 1. The summed E-state index contributed by atoms with van der Waals surface area (Å²) in [6.07, 6.45) is 1.57. The van der Waals surface area contributed by atoms with Crippen molar-refractivity contribution < 1.29 is 9.66 Å². The standard InChI is InChI=1S/C19H16ClN3O4/c1-21-17-10-15(6-7-18(17)23(25)26)22-9-8-16(11-19(22)24)27-12-13-2-4-14(20)5-3-13/h2-11,21H,12H2,1H3. The minimum atomic E-state index is -0.480. The van der Waals surface area contributed by atoms with E-state index in [0.29, 0.717) is 28.8 Å². The molecule has 0 saturated heterocycles. The number of nitro groups is 1. The minimum Gasteiger partial charge on any atom is -0.489 e. The van der Waals surface area contributed by atoms with E-state index in [9.17, 15) is 14.9 Å². The highest BCUT2D eigenvalue weighted by atomic mass is 35.5. The van der Waals surface area contributed by atoms with Crippen molar-refractivity contribution in [2.75, 3.05) is 12.4 Å². The molecule has 0 spiro atoms. The third kappa shape index (κ3) is 4.27. The number of nitrogens with zero attached hydrogens (tertiary/aromatic N) is 2. The molecule has 0 aliphatic rings. The summed E-state index contributed by atoms with van der Waals surface area (Å²) in [5.41, 5.74) is 1.40. The van der Waals surface area contributed by atoms with Gasteiger partial charge < -0.3 is 10.1 Å². The number of aromatic nitrogens is 1. The molecule has 0 atom stereocenters. The number of nitrogens with one attached hydrogen (secondary N) is 1. The Balaban J connectivity index is 1.81. The van der Waals surface area contributed by atoms with Gasteiger partial charge in [0.15, 0.2) is 0 Å². The molecule has 1 heterocycles. The molecule has 0 bridgehead atoms. The molecule has 1 aromatic heterocycles. The van der Waals surface area contributed by atoms with E-state index in [0.717, 1.165) is 5.56 Å². The Labute approximate surface area is 159 Å². The molecule has 2 aromatic carbocycles. The number of rotatable bonds is 6. The lowest BCUT2D eigenvalue weighted by molar-refractivity contribution is -0.383. The highest BCUT2D eigenvalue weighted by Gasteiger charge is 2.14. The van der Waals surface area contributed by atoms with E-state index in [1.807, 2.05) is 12.1 Å². The van der Waals surface area contributed by atoms with Crippen LogP contribution in [0.15, 0.2) is 65.6 Å². The summed E-state index contributed by atoms with van der Waals surface area (Å²) >= 11 is 5.85. The molecule has 0 unspecified atom stereocenters. The van der Waals surface area contributed by atoms with Crippen LogP contribution in [-0.2, 0) is 6.61 Å². The van der Waals surface area contributed by atoms with E-state index in [4.69, 9.17) is 16.3 Å². The Morgan fingerprint density at radius 1 is 1.15 bits per heavy atom. The zero-order chi connectivity index (χ0) is 19.4. The van der Waals surface area contributed by atoms with Crippen molar-refractivity contribution in [1.82, 2.24) is 4.57 Å². The zero-order valence-electron chi connectivity index (χ0n) is 14.4. The summed E-state index contributed by atoms with van der Waals surface area (Å²) in [7, 11) is 1.59. The second kappa shape index (κ2) is 7.92. The van der Waals surface area contributed by atoms with Crippen LogP contribution in [-0.4, -0.2) is 16.5 Å². The molecule has 0 amide bonds. The third-order valence-corrected chi connectivity index (χ3v) is 4.19. The molecule has 27 heavy (non-hydrogen) atoms. The number of hydrogen-bond donors (Lipinski definition) is 1. The predicted octanol–water partition coefficient (Wildman–Crippen LogP) is 4.02. The van der Waals surface area contributed by atoms with Crippen molar-refractivity contribution in [1.29, 1.82) is 0 Å². The first-order valence-corrected chi connectivity index (χ1v) is 8.42. The molecule has 0 aliphatic carbocycles. The molecule has 0 fully saturated rings. The Bertz CT molecular complexity index is 1030. The van der Waals surface area contributed by atoms with E-state index in [1.54, 1.807) is 37.5 Å². The predicted molar refractivity (Wildman–Crippen MR) is 104 cm³/mol. The first kappa shape index (κ1) is 18.5. The lowest BCUT2D eigenvalue weighted by Gasteiger charge is -2.10. The summed E-state index contributed by atoms with van der Waals surface area (Å²) < 4.78 is 7.03. The molecular weight excluding hydrogens is 370 g/mol. The summed E-state index contributed by atoms with van der Waals surface area (Å²) in [4.78, 5) is 23.0. The van der Waals surface area contributed by atoms with Crippen molar-refractivity contribution in [2.45, 2.75) is 6.61 Å². The lowest BCUT2D eigenvalue weighted by atomic mass is 10.2. The second-order valence-corrected chi connectivity index (χ2v) is 6.13. The first-order valence-electron chi connectivity index (χ1n) is 8.04. The van der Waals surface area contributed by atoms with Crippen LogP contribution < -0.4 is 15.6 Å². The van der Waals surface area contributed by atoms with Gasteiger partial charge in [-0.1, -0.05) is 23.7 Å². The summed E-state index contributed by atoms with van der Waals surface area (Å²) in [6.45, 7) is 0.308. The fraction of sp³-hybridized carbons (Fsp3) is 0.105. The number of nitro benzene ring substituents is 1. The summed E-state index contributed by atoms with van der Waals surface area (Å²) in [5.74, 6) is 0.432. The molecule has 3 rings (SSSR count). The Kier molecular flexibility index (Phi) is 5.42. The summed E-state index contributed by atoms with van der Waals surface area (Å²) in [6, 6.07) is 14.7. The van der Waals surface area contributed by atoms with Gasteiger partial charge in [-0.15, -0.1) is 0 Å². The van der Waals surface area contributed by atoms with Gasteiger partial charge in [-0.2, -0.15) is 0 Å². The van der Waals surface area contributed by atoms with Crippen LogP contribution in [0.5, 0.6) is 5.75 Å². The SMILES string of the molecule is CNc1cc(-n2ccc(OCc3ccc(Cl)cc3)cc2=O)ccc1[N+](=O)[O-]. The van der Waals surface area contributed by atoms with Gasteiger partial charge in [0.05, 0.1) is 10.6 Å². The molecule has 3 aromatic rings. The fourth-order valence-electron chi connectivity index (χ4n) is 2.54. The van der Waals surface area contributed by atoms with E-state index in [2.05, 4.69) is 5.32 Å². The maximum Gasteiger partial charge on any atom is 0.292 e. The second-order valence-electron chi connectivity index (χ2n) is 5.69. The lowest BCUT2D eigenvalue weighted by Crippen LogP contribution is -2.17. The molecule has 0 saturated carbocycles. The quantitative estimate of drug-likeness (QED) is 0.511. The fourth-order valence-corrected chi connectivity index (χ4v) is 2.67. The monoisotopic (exact) mass is 385 g/mol. The molecule has 0 radical (unpaired) electrons. The highest BCUT2D eigenvalue weighted by Crippen LogP contribution is 2.26. The van der Waals surface area contributed by atoms with Gasteiger partial charge in [-0.05, 0) is 35.9 Å². The smallest absolute Gasteiger partial charge is 0.292 e. The van der Waals surface area contributed by atoms with Gasteiger partial charge in [-0.3, -0.25) is 19.5 Å². The van der Waals surface area contributed by atoms with Crippen molar-refractivity contribution >= 4 is 23.0 Å². The van der Waals surface area contributed by atoms with E-state index < -0.39 is 4.92 Å². The topological polar surface area (TPSA) is 86.4 Å². The van der Waals surface area contributed by atoms with Crippen LogP contribution in [0.2, 0.25) is 5.02 Å². The van der Waals surface area contributed by atoms with Gasteiger partial charge in [0.2, 0.25) is 0 Å². The average molecular weight is 386 g/mol. The third-order valence-electron chi connectivity index (χ3n) is 3.93. The van der Waals surface area contributed by atoms with Gasteiger partial charge in [0.25, 0.3) is 11.2 Å². The Morgan fingerprint density at radius 3 is 2.52 bits per heavy atom. The van der Waals surface area contributed by atoms with Gasteiger partial charge in [-0.25, -0.2) is 0 Å². The number of benzene rings is 2. The van der Waals surface area contributed by atoms with E-state index in [1.165, 1.54) is 22.8 Å². The highest BCUT2D eigenvalue weighted by molar-refractivity contribution is 6.30. The number of hydrogen-bond acceptors (Lipinski definition) is 5. The van der Waals surface area contributed by atoms with E-state index in [-0.39, 0.29) is 11.2 Å². The molecule has 8 heteroatoms. The largest absolute Gasteiger partial charge is 0.489 e. The van der Waals surface area contributed by atoms with Crippen LogP contribution in [0, 0.1) is 10.1 Å². The van der Waals surface area contributed by atoms with Crippen LogP contribution in [0.1, 0.15) is 5.56 Å². The zero-order valence-corrected chi connectivity index (χ0v) is 15.1. The van der Waals surface area contributed by atoms with Crippen LogP contribution >= 0.6 is 11.6 Å². The van der Waals surface area contributed by atoms with Crippen molar-refractivity contribution in [2.24, 2.45) is 0 Å². The van der Waals surface area contributed by atoms with Crippen molar-refractivity contribution in [3.63, 3.8) is 0 Å². The molecule has 7 nitrogen and oxygen atoms in total. The van der Waals surface area contributed by atoms with Crippen molar-refractivity contribution in [3.8, 4) is 11.4 Å². The van der Waals surface area contributed by atoms with Gasteiger partial charge >= 0.3 is 0 Å². The maximum absolute atomic E-state index is 12.4. The minimum absolute atomic E-state index is 0.0581. The molecule has 1 N–H and O–H groups in total.